The highest BCUT2D eigenvalue weighted by Crippen LogP contribution is 2.24. The van der Waals surface area contributed by atoms with Gasteiger partial charge in [-0.25, -0.2) is 4.98 Å². The molecule has 0 unspecified atom stereocenters. The van der Waals surface area contributed by atoms with E-state index < -0.39 is 0 Å². The number of aryl methyl sites for hydroxylation is 1. The minimum absolute atomic E-state index is 0.0437. The number of hydrogen-bond donors (Lipinski definition) is 2. The first-order chi connectivity index (χ1) is 11.1. The van der Waals surface area contributed by atoms with Crippen molar-refractivity contribution in [3.8, 4) is 0 Å². The molecule has 1 amide bonds. The average Bonchev–Trinajstić information content (AvgIpc) is 3.05. The number of nitrogens with zero attached hydrogens (tertiary/aromatic N) is 1. The fourth-order valence-electron chi connectivity index (χ4n) is 3.04. The minimum atomic E-state index is -0.0437. The van der Waals surface area contributed by atoms with Crippen LogP contribution in [0.2, 0.25) is 0 Å². The molecule has 1 aliphatic carbocycles. The Kier molecular flexibility index (Phi) is 4.60. The molecule has 1 aromatic carbocycles. The van der Waals surface area contributed by atoms with Gasteiger partial charge in [-0.2, -0.15) is 0 Å². The molecule has 3 rings (SSSR count). The lowest BCUT2D eigenvalue weighted by atomic mass is 10.1. The Labute approximate surface area is 137 Å². The van der Waals surface area contributed by atoms with E-state index in [9.17, 15) is 4.79 Å². The van der Waals surface area contributed by atoms with Gasteiger partial charge >= 0.3 is 0 Å². The predicted octanol–water partition coefficient (Wildman–Crippen LogP) is 4.11. The molecule has 23 heavy (non-hydrogen) atoms. The molecule has 1 aliphatic rings. The molecule has 0 atom stereocenters. The van der Waals surface area contributed by atoms with Gasteiger partial charge in [-0.3, -0.25) is 4.79 Å². The number of nitrogens with one attached hydrogen (secondary N) is 2. The number of anilines is 2. The molecule has 1 saturated carbocycles. The highest BCUT2D eigenvalue weighted by atomic mass is 16.1. The quantitative estimate of drug-likeness (QED) is 0.893. The van der Waals surface area contributed by atoms with Crippen molar-refractivity contribution in [1.29, 1.82) is 0 Å². The lowest BCUT2D eigenvalue weighted by Gasteiger charge is -2.16. The second kappa shape index (κ2) is 6.82. The van der Waals surface area contributed by atoms with E-state index in [1.807, 2.05) is 18.2 Å². The average molecular weight is 309 g/mol. The zero-order valence-electron chi connectivity index (χ0n) is 13.7. The van der Waals surface area contributed by atoms with Gasteiger partial charge in [0.05, 0.1) is 5.56 Å². The molecule has 1 heterocycles. The molecule has 1 fully saturated rings. The Morgan fingerprint density at radius 2 is 1.91 bits per heavy atom. The Morgan fingerprint density at radius 3 is 2.70 bits per heavy atom. The van der Waals surface area contributed by atoms with Gasteiger partial charge < -0.3 is 10.6 Å². The summed E-state index contributed by atoms with van der Waals surface area (Å²) < 4.78 is 0. The monoisotopic (exact) mass is 309 g/mol. The molecule has 2 aromatic rings. The van der Waals surface area contributed by atoms with Crippen LogP contribution in [0.25, 0.3) is 0 Å². The zero-order valence-corrected chi connectivity index (χ0v) is 13.7. The molecule has 4 heteroatoms. The Morgan fingerprint density at radius 1 is 1.13 bits per heavy atom. The lowest BCUT2D eigenvalue weighted by molar-refractivity contribution is 0.0938. The largest absolute Gasteiger partial charge is 0.349 e. The van der Waals surface area contributed by atoms with Gasteiger partial charge in [-0.05, 0) is 56.0 Å². The van der Waals surface area contributed by atoms with Gasteiger partial charge in [0.15, 0.2) is 0 Å². The molecule has 2 N–H and O–H groups in total. The lowest BCUT2D eigenvalue weighted by Crippen LogP contribution is -2.33. The van der Waals surface area contributed by atoms with Crippen LogP contribution in [0.1, 0.15) is 47.2 Å². The maximum atomic E-state index is 12.6. The summed E-state index contributed by atoms with van der Waals surface area (Å²) in [6.07, 6.45) is 6.26. The summed E-state index contributed by atoms with van der Waals surface area (Å²) in [5.74, 6) is 0.564. The molecule has 120 valence electrons. The molecule has 0 bridgehead atoms. The number of rotatable bonds is 4. The van der Waals surface area contributed by atoms with Crippen molar-refractivity contribution in [2.75, 3.05) is 5.32 Å². The van der Waals surface area contributed by atoms with E-state index in [4.69, 9.17) is 0 Å². The van der Waals surface area contributed by atoms with Crippen molar-refractivity contribution in [3.63, 3.8) is 0 Å². The first-order valence-corrected chi connectivity index (χ1v) is 8.24. The van der Waals surface area contributed by atoms with Crippen molar-refractivity contribution >= 4 is 17.4 Å². The highest BCUT2D eigenvalue weighted by molar-refractivity contribution is 5.99. The third-order valence-electron chi connectivity index (χ3n) is 4.60. The molecule has 1 aromatic heterocycles. The third kappa shape index (κ3) is 3.52. The van der Waals surface area contributed by atoms with E-state index in [-0.39, 0.29) is 5.91 Å². The van der Waals surface area contributed by atoms with Crippen molar-refractivity contribution in [3.05, 3.63) is 53.2 Å². The smallest absolute Gasteiger partial charge is 0.255 e. The fourth-order valence-corrected chi connectivity index (χ4v) is 3.04. The van der Waals surface area contributed by atoms with E-state index in [0.717, 1.165) is 18.5 Å². The number of pyridine rings is 1. The minimum Gasteiger partial charge on any atom is -0.349 e. The van der Waals surface area contributed by atoms with Crippen LogP contribution in [0, 0.1) is 13.8 Å². The predicted molar refractivity (Wildman–Crippen MR) is 93.2 cm³/mol. The number of aromatic nitrogens is 1. The van der Waals surface area contributed by atoms with Crippen LogP contribution in [0.5, 0.6) is 0 Å². The van der Waals surface area contributed by atoms with Crippen LogP contribution in [0.4, 0.5) is 11.5 Å². The van der Waals surface area contributed by atoms with Crippen molar-refractivity contribution < 1.29 is 4.79 Å². The first kappa shape index (κ1) is 15.5. The van der Waals surface area contributed by atoms with Crippen molar-refractivity contribution in [2.24, 2.45) is 0 Å². The maximum Gasteiger partial charge on any atom is 0.255 e. The standard InChI is InChI=1S/C19H23N3O/c1-13-7-5-11-17(14(13)2)22-18-16(10-6-12-20-18)19(23)21-15-8-3-4-9-15/h5-7,10-12,15H,3-4,8-9H2,1-2H3,(H,20,22)(H,21,23). The Hall–Kier alpha value is -2.36. The van der Waals surface area contributed by atoms with E-state index in [1.54, 1.807) is 12.3 Å². The summed E-state index contributed by atoms with van der Waals surface area (Å²) in [7, 11) is 0. The van der Waals surface area contributed by atoms with Gasteiger partial charge in [-0.15, -0.1) is 0 Å². The van der Waals surface area contributed by atoms with E-state index >= 15 is 0 Å². The van der Waals surface area contributed by atoms with Crippen LogP contribution >= 0.6 is 0 Å². The summed E-state index contributed by atoms with van der Waals surface area (Å²) in [4.78, 5) is 16.9. The SMILES string of the molecule is Cc1cccc(Nc2ncccc2C(=O)NC2CCCC2)c1C. The third-order valence-corrected chi connectivity index (χ3v) is 4.60. The summed E-state index contributed by atoms with van der Waals surface area (Å²) in [6.45, 7) is 4.14. The van der Waals surface area contributed by atoms with Crippen LogP contribution in [0.3, 0.4) is 0 Å². The topological polar surface area (TPSA) is 54.0 Å². The molecule has 0 aliphatic heterocycles. The number of benzene rings is 1. The van der Waals surface area contributed by atoms with Gasteiger partial charge in [-0.1, -0.05) is 25.0 Å². The van der Waals surface area contributed by atoms with E-state index in [1.165, 1.54) is 24.0 Å². The Bertz CT molecular complexity index is 706. The van der Waals surface area contributed by atoms with Gasteiger partial charge in [0.2, 0.25) is 0 Å². The highest BCUT2D eigenvalue weighted by Gasteiger charge is 2.20. The number of carbonyl (C=O) groups excluding carboxylic acids is 1. The van der Waals surface area contributed by atoms with Gasteiger partial charge in [0, 0.05) is 17.9 Å². The summed E-state index contributed by atoms with van der Waals surface area (Å²) in [5.41, 5.74) is 3.96. The van der Waals surface area contributed by atoms with Crippen LogP contribution < -0.4 is 10.6 Å². The van der Waals surface area contributed by atoms with Gasteiger partial charge in [0.1, 0.15) is 5.82 Å². The summed E-state index contributed by atoms with van der Waals surface area (Å²) in [5, 5.41) is 6.44. The Balaban J connectivity index is 1.82. The maximum absolute atomic E-state index is 12.6. The zero-order chi connectivity index (χ0) is 16.2. The second-order valence-corrected chi connectivity index (χ2v) is 6.23. The van der Waals surface area contributed by atoms with Gasteiger partial charge in [0.25, 0.3) is 5.91 Å². The number of hydrogen-bond acceptors (Lipinski definition) is 3. The molecular weight excluding hydrogens is 286 g/mol. The van der Waals surface area contributed by atoms with E-state index in [0.29, 0.717) is 17.4 Å². The summed E-state index contributed by atoms with van der Waals surface area (Å²) in [6, 6.07) is 10.0. The molecule has 0 saturated heterocycles. The fraction of sp³-hybridized carbons (Fsp3) is 0.368. The van der Waals surface area contributed by atoms with Crippen molar-refractivity contribution in [2.45, 2.75) is 45.6 Å². The van der Waals surface area contributed by atoms with Crippen LogP contribution in [0.15, 0.2) is 36.5 Å². The molecule has 0 spiro atoms. The second-order valence-electron chi connectivity index (χ2n) is 6.23. The first-order valence-electron chi connectivity index (χ1n) is 8.24. The van der Waals surface area contributed by atoms with Crippen molar-refractivity contribution in [1.82, 2.24) is 10.3 Å². The number of carbonyl (C=O) groups is 1. The molecule has 4 nitrogen and oxygen atoms in total. The number of amides is 1. The van der Waals surface area contributed by atoms with E-state index in [2.05, 4.69) is 35.5 Å². The normalized spacial score (nSPS) is 14.7. The van der Waals surface area contributed by atoms with Crippen LogP contribution in [-0.4, -0.2) is 16.9 Å². The summed E-state index contributed by atoms with van der Waals surface area (Å²) >= 11 is 0. The molecular formula is C19H23N3O. The molecule has 0 radical (unpaired) electrons. The van der Waals surface area contributed by atoms with Crippen LogP contribution in [-0.2, 0) is 0 Å².